The number of hydrogen-bond acceptors (Lipinski definition) is 4. The molecule has 1 atom stereocenters. The molecular formula is C22H18ClF3N2O3S. The molecule has 0 saturated heterocycles. The normalized spacial score (nSPS) is 12.4. The zero-order valence-electron chi connectivity index (χ0n) is 16.5. The Morgan fingerprint density at radius 1 is 1.16 bits per heavy atom. The van der Waals surface area contributed by atoms with Crippen LogP contribution in [0.5, 0.6) is 0 Å². The van der Waals surface area contributed by atoms with E-state index in [1.54, 1.807) is 24.3 Å². The highest BCUT2D eigenvalue weighted by Gasteiger charge is 2.34. The van der Waals surface area contributed by atoms with Crippen molar-refractivity contribution in [2.45, 2.75) is 25.6 Å². The third-order valence-corrected chi connectivity index (χ3v) is 5.73. The molecule has 2 N–H and O–H groups in total. The van der Waals surface area contributed by atoms with E-state index in [1.165, 1.54) is 11.4 Å². The Bertz CT molecular complexity index is 1100. The number of thiazole rings is 1. The zero-order chi connectivity index (χ0) is 23.3. The fraction of sp³-hybridized carbons (Fsp3) is 0.227. The lowest BCUT2D eigenvalue weighted by atomic mass is 9.95. The molecule has 0 aliphatic heterocycles. The van der Waals surface area contributed by atoms with E-state index in [0.29, 0.717) is 5.01 Å². The Hall–Kier alpha value is -2.91. The van der Waals surface area contributed by atoms with Crippen LogP contribution in [0.25, 0.3) is 11.3 Å². The molecule has 3 rings (SSSR count). The summed E-state index contributed by atoms with van der Waals surface area (Å²) < 4.78 is 40.0. The van der Waals surface area contributed by atoms with Gasteiger partial charge in [-0.15, -0.1) is 11.3 Å². The molecule has 0 radical (unpaired) electrons. The van der Waals surface area contributed by atoms with Gasteiger partial charge in [0.15, 0.2) is 0 Å². The summed E-state index contributed by atoms with van der Waals surface area (Å²) in [7, 11) is 0. The van der Waals surface area contributed by atoms with Crippen molar-refractivity contribution in [2.24, 2.45) is 5.92 Å². The average molecular weight is 483 g/mol. The van der Waals surface area contributed by atoms with E-state index in [2.05, 4.69) is 10.3 Å². The summed E-state index contributed by atoms with van der Waals surface area (Å²) >= 11 is 6.96. The molecular weight excluding hydrogens is 465 g/mol. The highest BCUT2D eigenvalue weighted by Crippen LogP contribution is 2.38. The van der Waals surface area contributed by atoms with Gasteiger partial charge in [-0.05, 0) is 30.2 Å². The maximum absolute atomic E-state index is 13.3. The van der Waals surface area contributed by atoms with Gasteiger partial charge in [0.2, 0.25) is 5.91 Å². The SMILES string of the molecule is O=C(O)C[C@@H](Cc1ccccc1)C(=O)NCc1nc(-c2cc(Cl)ccc2C(F)(F)F)cs1. The predicted octanol–water partition coefficient (Wildman–Crippen LogP) is 5.43. The number of carbonyl (C=O) groups is 2. The van der Waals surface area contributed by atoms with Crippen LogP contribution in [0.4, 0.5) is 13.2 Å². The first-order valence-corrected chi connectivity index (χ1v) is 10.7. The number of rotatable bonds is 8. The van der Waals surface area contributed by atoms with Crippen LogP contribution in [-0.2, 0) is 28.7 Å². The fourth-order valence-electron chi connectivity index (χ4n) is 3.17. The van der Waals surface area contributed by atoms with Gasteiger partial charge in [-0.1, -0.05) is 41.9 Å². The van der Waals surface area contributed by atoms with Gasteiger partial charge < -0.3 is 10.4 Å². The van der Waals surface area contributed by atoms with E-state index in [4.69, 9.17) is 16.7 Å². The maximum atomic E-state index is 13.3. The van der Waals surface area contributed by atoms with Gasteiger partial charge in [0.05, 0.1) is 30.1 Å². The van der Waals surface area contributed by atoms with Crippen LogP contribution in [0.3, 0.4) is 0 Å². The minimum absolute atomic E-state index is 0.0314. The van der Waals surface area contributed by atoms with E-state index in [9.17, 15) is 22.8 Å². The molecule has 0 saturated carbocycles. The summed E-state index contributed by atoms with van der Waals surface area (Å²) in [6.07, 6.45) is -4.67. The molecule has 168 valence electrons. The number of carbonyl (C=O) groups excluding carboxylic acids is 1. The van der Waals surface area contributed by atoms with E-state index in [-0.39, 0.29) is 35.7 Å². The summed E-state index contributed by atoms with van der Waals surface area (Å²) in [4.78, 5) is 28.0. The van der Waals surface area contributed by atoms with Crippen molar-refractivity contribution in [3.8, 4) is 11.3 Å². The van der Waals surface area contributed by atoms with Crippen molar-refractivity contribution in [2.75, 3.05) is 0 Å². The van der Waals surface area contributed by atoms with Gasteiger partial charge in [0.25, 0.3) is 0 Å². The molecule has 0 unspecified atom stereocenters. The molecule has 0 bridgehead atoms. The predicted molar refractivity (Wildman–Crippen MR) is 115 cm³/mol. The minimum Gasteiger partial charge on any atom is -0.481 e. The third kappa shape index (κ3) is 6.30. The molecule has 1 heterocycles. The smallest absolute Gasteiger partial charge is 0.417 e. The number of halogens is 4. The van der Waals surface area contributed by atoms with E-state index in [0.717, 1.165) is 29.0 Å². The van der Waals surface area contributed by atoms with Crippen LogP contribution in [0, 0.1) is 5.92 Å². The number of hydrogen-bond donors (Lipinski definition) is 2. The number of carboxylic acids is 1. The second-order valence-corrected chi connectivity index (χ2v) is 8.40. The molecule has 1 amide bonds. The number of carboxylic acid groups (broad SMARTS) is 1. The molecule has 3 aromatic rings. The topological polar surface area (TPSA) is 79.3 Å². The lowest BCUT2D eigenvalue weighted by Crippen LogP contribution is -2.33. The largest absolute Gasteiger partial charge is 0.481 e. The number of nitrogens with zero attached hydrogens (tertiary/aromatic N) is 1. The van der Waals surface area contributed by atoms with Gasteiger partial charge in [-0.25, -0.2) is 4.98 Å². The van der Waals surface area contributed by atoms with Crippen molar-refractivity contribution >= 4 is 34.8 Å². The highest BCUT2D eigenvalue weighted by atomic mass is 35.5. The molecule has 0 fully saturated rings. The fourth-order valence-corrected chi connectivity index (χ4v) is 4.07. The quantitative estimate of drug-likeness (QED) is 0.448. The van der Waals surface area contributed by atoms with Crippen molar-refractivity contribution in [1.29, 1.82) is 0 Å². The Morgan fingerprint density at radius 2 is 1.88 bits per heavy atom. The van der Waals surface area contributed by atoms with Crippen molar-refractivity contribution < 1.29 is 27.9 Å². The Balaban J connectivity index is 1.72. The minimum atomic E-state index is -4.57. The molecule has 0 aliphatic carbocycles. The molecule has 5 nitrogen and oxygen atoms in total. The summed E-state index contributed by atoms with van der Waals surface area (Å²) in [5.41, 5.74) is -0.0784. The van der Waals surface area contributed by atoms with Crippen molar-refractivity contribution in [1.82, 2.24) is 10.3 Å². The molecule has 0 aliphatic rings. The molecule has 10 heteroatoms. The van der Waals surface area contributed by atoms with Gasteiger partial charge in [-0.3, -0.25) is 9.59 Å². The number of aromatic nitrogens is 1. The summed E-state index contributed by atoms with van der Waals surface area (Å²) in [5.74, 6) is -2.36. The number of nitrogens with one attached hydrogen (secondary N) is 1. The number of alkyl halides is 3. The van der Waals surface area contributed by atoms with Gasteiger partial charge >= 0.3 is 12.1 Å². The molecule has 1 aromatic heterocycles. The second kappa shape index (κ2) is 10.1. The first-order valence-electron chi connectivity index (χ1n) is 9.48. The lowest BCUT2D eigenvalue weighted by Gasteiger charge is -2.14. The van der Waals surface area contributed by atoms with Gasteiger partial charge in [0.1, 0.15) is 5.01 Å². The van der Waals surface area contributed by atoms with E-state index in [1.807, 2.05) is 6.07 Å². The van der Waals surface area contributed by atoms with Crippen LogP contribution in [0.2, 0.25) is 5.02 Å². The van der Waals surface area contributed by atoms with Crippen LogP contribution in [0.15, 0.2) is 53.9 Å². The number of aliphatic carboxylic acids is 1. The average Bonchev–Trinajstić information content (AvgIpc) is 3.20. The van der Waals surface area contributed by atoms with E-state index >= 15 is 0 Å². The zero-order valence-corrected chi connectivity index (χ0v) is 18.1. The van der Waals surface area contributed by atoms with E-state index < -0.39 is 29.5 Å². The highest BCUT2D eigenvalue weighted by molar-refractivity contribution is 7.09. The van der Waals surface area contributed by atoms with Gasteiger partial charge in [-0.2, -0.15) is 13.2 Å². The van der Waals surface area contributed by atoms with Crippen LogP contribution < -0.4 is 5.32 Å². The monoisotopic (exact) mass is 482 g/mol. The third-order valence-electron chi connectivity index (χ3n) is 4.65. The number of benzene rings is 2. The van der Waals surface area contributed by atoms with Crippen LogP contribution in [-0.4, -0.2) is 22.0 Å². The Morgan fingerprint density at radius 3 is 2.53 bits per heavy atom. The standard InChI is InChI=1S/C22H18ClF3N2O3S/c23-15-6-7-17(22(24,25)26)16(10-15)18-12-32-19(28-18)11-27-21(31)14(9-20(29)30)8-13-4-2-1-3-5-13/h1-7,10,12,14H,8-9,11H2,(H,27,31)(H,29,30)/t14-/m1/s1. The molecule has 0 spiro atoms. The second-order valence-electron chi connectivity index (χ2n) is 7.02. The summed E-state index contributed by atoms with van der Waals surface area (Å²) in [6.45, 7) is -0.0314. The molecule has 2 aromatic carbocycles. The maximum Gasteiger partial charge on any atom is 0.417 e. The first-order chi connectivity index (χ1) is 15.1. The summed E-state index contributed by atoms with van der Waals surface area (Å²) in [5, 5.41) is 13.8. The molecule has 32 heavy (non-hydrogen) atoms. The van der Waals surface area contributed by atoms with Crippen molar-refractivity contribution in [3.05, 3.63) is 75.1 Å². The van der Waals surface area contributed by atoms with Crippen LogP contribution >= 0.6 is 22.9 Å². The Kier molecular flexibility index (Phi) is 7.52. The Labute approximate surface area is 190 Å². The van der Waals surface area contributed by atoms with Gasteiger partial charge in [0, 0.05) is 16.0 Å². The number of amides is 1. The summed E-state index contributed by atoms with van der Waals surface area (Å²) in [6, 6.07) is 12.3. The van der Waals surface area contributed by atoms with Crippen molar-refractivity contribution in [3.63, 3.8) is 0 Å². The van der Waals surface area contributed by atoms with Crippen LogP contribution in [0.1, 0.15) is 22.6 Å². The first kappa shape index (κ1) is 23.7. The lowest BCUT2D eigenvalue weighted by molar-refractivity contribution is -0.141.